The van der Waals surface area contributed by atoms with Crippen molar-refractivity contribution in [3.8, 4) is 0 Å². The number of hydrogen-bond donors (Lipinski definition) is 2. The van der Waals surface area contributed by atoms with Gasteiger partial charge in [0.15, 0.2) is 5.96 Å². The van der Waals surface area contributed by atoms with Crippen molar-refractivity contribution >= 4 is 5.96 Å². The van der Waals surface area contributed by atoms with Crippen LogP contribution in [0.25, 0.3) is 0 Å². The zero-order chi connectivity index (χ0) is 21.8. The Morgan fingerprint density at radius 2 is 1.87 bits per heavy atom. The number of likely N-dealkylation sites (tertiary alicyclic amines) is 1. The van der Waals surface area contributed by atoms with Crippen molar-refractivity contribution in [1.29, 1.82) is 0 Å². The predicted molar refractivity (Wildman–Crippen MR) is 114 cm³/mol. The van der Waals surface area contributed by atoms with E-state index < -0.39 is 12.8 Å². The summed E-state index contributed by atoms with van der Waals surface area (Å²) in [5, 5.41) is 6.60. The van der Waals surface area contributed by atoms with Gasteiger partial charge in [-0.25, -0.2) is 0 Å². The van der Waals surface area contributed by atoms with Gasteiger partial charge >= 0.3 is 6.18 Å². The molecule has 1 saturated heterocycles. The van der Waals surface area contributed by atoms with E-state index in [2.05, 4.69) is 32.2 Å². The lowest BCUT2D eigenvalue weighted by Gasteiger charge is -2.33. The molecule has 1 aliphatic heterocycles. The molecular weight excluding hydrogens is 393 g/mol. The predicted octanol–water partition coefficient (Wildman–Crippen LogP) is 4.09. The standard InChI is InChI=1S/C22H35F3N4O/c1-18-7-3-5-13-29(18)14-6-4-12-27-21(26-2)28-15-19-8-10-20(11-9-19)16-30-17-22(23,24)25/h8-11,18H,3-7,12-17H2,1-2H3,(H2,26,27,28). The Morgan fingerprint density at radius 1 is 1.13 bits per heavy atom. The van der Waals surface area contributed by atoms with Gasteiger partial charge in [0.2, 0.25) is 0 Å². The van der Waals surface area contributed by atoms with Gasteiger partial charge in [-0.15, -0.1) is 0 Å². The molecule has 30 heavy (non-hydrogen) atoms. The summed E-state index contributed by atoms with van der Waals surface area (Å²) < 4.78 is 41.0. The molecule has 0 bridgehead atoms. The number of unbranched alkanes of at least 4 members (excludes halogenated alkanes) is 1. The van der Waals surface area contributed by atoms with E-state index in [4.69, 9.17) is 0 Å². The van der Waals surface area contributed by atoms with Crippen molar-refractivity contribution in [2.24, 2.45) is 4.99 Å². The Labute approximate surface area is 178 Å². The summed E-state index contributed by atoms with van der Waals surface area (Å²) in [4.78, 5) is 6.83. The van der Waals surface area contributed by atoms with Gasteiger partial charge in [0.1, 0.15) is 6.61 Å². The number of benzene rings is 1. The number of alkyl halides is 3. The van der Waals surface area contributed by atoms with E-state index >= 15 is 0 Å². The van der Waals surface area contributed by atoms with Crippen LogP contribution in [0.4, 0.5) is 13.2 Å². The first kappa shape index (κ1) is 24.5. The van der Waals surface area contributed by atoms with Crippen molar-refractivity contribution < 1.29 is 17.9 Å². The van der Waals surface area contributed by atoms with Crippen molar-refractivity contribution in [2.75, 3.05) is 33.3 Å². The van der Waals surface area contributed by atoms with Gasteiger partial charge in [0, 0.05) is 26.2 Å². The van der Waals surface area contributed by atoms with Crippen LogP contribution in [-0.2, 0) is 17.9 Å². The minimum absolute atomic E-state index is 0.0490. The highest BCUT2D eigenvalue weighted by molar-refractivity contribution is 5.79. The van der Waals surface area contributed by atoms with Gasteiger partial charge < -0.3 is 20.3 Å². The molecule has 170 valence electrons. The van der Waals surface area contributed by atoms with E-state index in [-0.39, 0.29) is 6.61 Å². The van der Waals surface area contributed by atoms with Crippen LogP contribution in [0, 0.1) is 0 Å². The minimum atomic E-state index is -4.29. The first-order chi connectivity index (χ1) is 14.4. The summed E-state index contributed by atoms with van der Waals surface area (Å²) in [6.07, 6.45) is 1.97. The molecular formula is C22H35F3N4O. The van der Waals surface area contributed by atoms with Crippen LogP contribution in [0.3, 0.4) is 0 Å². The molecule has 0 amide bonds. The molecule has 1 aliphatic rings. The first-order valence-corrected chi connectivity index (χ1v) is 10.8. The number of guanidine groups is 1. The molecule has 0 spiro atoms. The third-order valence-corrected chi connectivity index (χ3v) is 5.35. The Kier molecular flexibility index (Phi) is 10.4. The Bertz CT molecular complexity index is 634. The Hall–Kier alpha value is -1.80. The van der Waals surface area contributed by atoms with Crippen LogP contribution in [0.15, 0.2) is 29.3 Å². The fourth-order valence-electron chi connectivity index (χ4n) is 3.58. The van der Waals surface area contributed by atoms with Crippen molar-refractivity contribution in [3.63, 3.8) is 0 Å². The van der Waals surface area contributed by atoms with Gasteiger partial charge in [0.05, 0.1) is 6.61 Å². The van der Waals surface area contributed by atoms with E-state index in [9.17, 15) is 13.2 Å². The van der Waals surface area contributed by atoms with E-state index in [0.717, 1.165) is 31.0 Å². The molecule has 1 heterocycles. The normalized spacial score (nSPS) is 18.4. The maximum atomic E-state index is 12.1. The van der Waals surface area contributed by atoms with Crippen LogP contribution in [0.2, 0.25) is 0 Å². The van der Waals surface area contributed by atoms with Crippen molar-refractivity contribution in [3.05, 3.63) is 35.4 Å². The minimum Gasteiger partial charge on any atom is -0.367 e. The van der Waals surface area contributed by atoms with Gasteiger partial charge in [-0.1, -0.05) is 30.7 Å². The monoisotopic (exact) mass is 428 g/mol. The number of rotatable bonds is 10. The molecule has 8 heteroatoms. The zero-order valence-electron chi connectivity index (χ0n) is 18.1. The summed E-state index contributed by atoms with van der Waals surface area (Å²) >= 11 is 0. The molecule has 0 aromatic heterocycles. The summed E-state index contributed by atoms with van der Waals surface area (Å²) in [7, 11) is 1.74. The number of nitrogens with zero attached hydrogens (tertiary/aromatic N) is 2. The lowest BCUT2D eigenvalue weighted by atomic mass is 10.0. The van der Waals surface area contributed by atoms with Crippen molar-refractivity contribution in [2.45, 2.75) is 64.4 Å². The molecule has 1 atom stereocenters. The largest absolute Gasteiger partial charge is 0.411 e. The topological polar surface area (TPSA) is 48.9 Å². The highest BCUT2D eigenvalue weighted by Crippen LogP contribution is 2.17. The average Bonchev–Trinajstić information content (AvgIpc) is 2.71. The van der Waals surface area contributed by atoms with Gasteiger partial charge in [-0.2, -0.15) is 13.2 Å². The lowest BCUT2D eigenvalue weighted by Crippen LogP contribution is -2.39. The molecule has 2 N–H and O–H groups in total. The fraction of sp³-hybridized carbons (Fsp3) is 0.682. The van der Waals surface area contributed by atoms with Gasteiger partial charge in [-0.05, 0) is 56.8 Å². The Balaban J connectivity index is 1.60. The summed E-state index contributed by atoms with van der Waals surface area (Å²) in [6, 6.07) is 8.04. The number of ether oxygens (including phenoxy) is 1. The zero-order valence-corrected chi connectivity index (χ0v) is 18.1. The lowest BCUT2D eigenvalue weighted by molar-refractivity contribution is -0.176. The number of piperidine rings is 1. The molecule has 1 fully saturated rings. The average molecular weight is 429 g/mol. The van der Waals surface area contributed by atoms with Crippen LogP contribution >= 0.6 is 0 Å². The molecule has 1 aromatic rings. The van der Waals surface area contributed by atoms with Gasteiger partial charge in [-0.3, -0.25) is 4.99 Å². The van der Waals surface area contributed by atoms with E-state index in [1.54, 1.807) is 19.2 Å². The summed E-state index contributed by atoms with van der Waals surface area (Å²) in [6.45, 7) is 4.90. The maximum Gasteiger partial charge on any atom is 0.411 e. The molecule has 0 radical (unpaired) electrons. The molecule has 1 unspecified atom stereocenters. The molecule has 0 saturated carbocycles. The fourth-order valence-corrected chi connectivity index (χ4v) is 3.58. The van der Waals surface area contributed by atoms with Crippen LogP contribution in [0.5, 0.6) is 0 Å². The second kappa shape index (κ2) is 12.8. The highest BCUT2D eigenvalue weighted by Gasteiger charge is 2.27. The van der Waals surface area contributed by atoms with Crippen molar-refractivity contribution in [1.82, 2.24) is 15.5 Å². The number of aliphatic imine (C=N–C) groups is 1. The number of nitrogens with one attached hydrogen (secondary N) is 2. The van der Waals surface area contributed by atoms with Crippen LogP contribution in [0.1, 0.15) is 50.2 Å². The third-order valence-electron chi connectivity index (χ3n) is 5.35. The number of halogens is 3. The van der Waals surface area contributed by atoms with E-state index in [0.29, 0.717) is 18.2 Å². The smallest absolute Gasteiger partial charge is 0.367 e. The molecule has 1 aromatic carbocycles. The van der Waals surface area contributed by atoms with Crippen LogP contribution < -0.4 is 10.6 Å². The highest BCUT2D eigenvalue weighted by atomic mass is 19.4. The maximum absolute atomic E-state index is 12.1. The second-order valence-electron chi connectivity index (χ2n) is 7.86. The first-order valence-electron chi connectivity index (χ1n) is 10.8. The molecule has 5 nitrogen and oxygen atoms in total. The van der Waals surface area contributed by atoms with Crippen LogP contribution in [-0.4, -0.2) is 56.4 Å². The van der Waals surface area contributed by atoms with E-state index in [1.165, 1.54) is 32.2 Å². The third kappa shape index (κ3) is 9.80. The Morgan fingerprint density at radius 3 is 2.53 bits per heavy atom. The molecule has 0 aliphatic carbocycles. The number of hydrogen-bond acceptors (Lipinski definition) is 3. The quantitative estimate of drug-likeness (QED) is 0.335. The van der Waals surface area contributed by atoms with Gasteiger partial charge in [0.25, 0.3) is 0 Å². The summed E-state index contributed by atoms with van der Waals surface area (Å²) in [5.74, 6) is 0.749. The summed E-state index contributed by atoms with van der Waals surface area (Å²) in [5.41, 5.74) is 1.74. The molecule has 2 rings (SSSR count). The SMILES string of the molecule is CN=C(NCCCCN1CCCCC1C)NCc1ccc(COCC(F)(F)F)cc1. The second-order valence-corrected chi connectivity index (χ2v) is 7.86. The van der Waals surface area contributed by atoms with E-state index in [1.807, 2.05) is 12.1 Å².